The summed E-state index contributed by atoms with van der Waals surface area (Å²) in [4.78, 5) is 12.0. The summed E-state index contributed by atoms with van der Waals surface area (Å²) in [6.07, 6.45) is 8.65. The van der Waals surface area contributed by atoms with Crippen LogP contribution in [0.15, 0.2) is 24.3 Å². The highest BCUT2D eigenvalue weighted by molar-refractivity contribution is 5.85. The average molecular weight is 297 g/mol. The third kappa shape index (κ3) is 5.41. The van der Waals surface area contributed by atoms with Crippen LogP contribution < -0.4 is 11.1 Å². The zero-order chi connectivity index (χ0) is 13.5. The van der Waals surface area contributed by atoms with Crippen LogP contribution in [-0.2, 0) is 11.2 Å². The second-order valence-electron chi connectivity index (χ2n) is 5.45. The van der Waals surface area contributed by atoms with E-state index in [1.807, 2.05) is 24.3 Å². The fraction of sp³-hybridized carbons (Fsp3) is 0.562. The molecule has 112 valence electrons. The number of hydrogen-bond acceptors (Lipinski definition) is 2. The molecule has 1 aromatic carbocycles. The van der Waals surface area contributed by atoms with Crippen LogP contribution in [0.3, 0.4) is 0 Å². The lowest BCUT2D eigenvalue weighted by atomic mass is 10.1. The van der Waals surface area contributed by atoms with Crippen molar-refractivity contribution in [1.82, 2.24) is 5.32 Å². The molecule has 0 atom stereocenters. The molecule has 0 aromatic heterocycles. The third-order valence-corrected chi connectivity index (χ3v) is 3.90. The number of aryl methyl sites for hydroxylation is 1. The van der Waals surface area contributed by atoms with Gasteiger partial charge in [0.15, 0.2) is 0 Å². The van der Waals surface area contributed by atoms with Crippen LogP contribution in [0.25, 0.3) is 0 Å². The van der Waals surface area contributed by atoms with Crippen molar-refractivity contribution in [3.05, 3.63) is 29.8 Å². The van der Waals surface area contributed by atoms with E-state index < -0.39 is 0 Å². The van der Waals surface area contributed by atoms with Gasteiger partial charge in [0.25, 0.3) is 0 Å². The van der Waals surface area contributed by atoms with Gasteiger partial charge in [-0.3, -0.25) is 4.79 Å². The van der Waals surface area contributed by atoms with Crippen molar-refractivity contribution in [3.8, 4) is 0 Å². The number of hydrogen-bond donors (Lipinski definition) is 2. The predicted octanol–water partition coefficient (Wildman–Crippen LogP) is 3.46. The van der Waals surface area contributed by atoms with Crippen LogP contribution in [0.1, 0.15) is 50.5 Å². The lowest BCUT2D eigenvalue weighted by molar-refractivity contribution is -0.121. The number of halogens is 1. The molecule has 0 aliphatic heterocycles. The highest BCUT2D eigenvalue weighted by Crippen LogP contribution is 2.17. The van der Waals surface area contributed by atoms with Crippen molar-refractivity contribution in [1.29, 1.82) is 0 Å². The maximum absolute atomic E-state index is 12.0. The summed E-state index contributed by atoms with van der Waals surface area (Å²) in [6.45, 7) is 0. The molecular formula is C16H25ClN2O. The summed E-state index contributed by atoms with van der Waals surface area (Å²) in [6, 6.07) is 8.16. The Labute approximate surface area is 127 Å². The number of rotatable bonds is 4. The molecule has 3 N–H and O–H groups in total. The van der Waals surface area contributed by atoms with Crippen molar-refractivity contribution >= 4 is 24.0 Å². The fourth-order valence-electron chi connectivity index (χ4n) is 2.73. The van der Waals surface area contributed by atoms with Gasteiger partial charge in [-0.05, 0) is 30.9 Å². The molecule has 0 unspecified atom stereocenters. The molecule has 1 fully saturated rings. The smallest absolute Gasteiger partial charge is 0.220 e. The topological polar surface area (TPSA) is 55.1 Å². The highest BCUT2D eigenvalue weighted by atomic mass is 35.5. The molecule has 0 spiro atoms. The first-order valence-corrected chi connectivity index (χ1v) is 7.38. The number of carbonyl (C=O) groups excluding carboxylic acids is 1. The molecule has 0 saturated heterocycles. The van der Waals surface area contributed by atoms with Crippen LogP contribution in [0, 0.1) is 0 Å². The Morgan fingerprint density at radius 1 is 1.15 bits per heavy atom. The molecule has 2 rings (SSSR count). The number of nitrogens with one attached hydrogen (secondary N) is 1. The third-order valence-electron chi connectivity index (χ3n) is 3.90. The van der Waals surface area contributed by atoms with Crippen LogP contribution in [-0.4, -0.2) is 11.9 Å². The second kappa shape index (κ2) is 8.85. The first kappa shape index (κ1) is 16.8. The lowest BCUT2D eigenvalue weighted by Crippen LogP contribution is -2.34. The van der Waals surface area contributed by atoms with E-state index in [0.29, 0.717) is 12.5 Å². The molecule has 1 amide bonds. The Hall–Kier alpha value is -1.22. The number of nitrogen functional groups attached to an aromatic ring is 1. The summed E-state index contributed by atoms with van der Waals surface area (Å²) in [5, 5.41) is 3.17. The van der Waals surface area contributed by atoms with Crippen LogP contribution >= 0.6 is 12.4 Å². The van der Waals surface area contributed by atoms with Crippen LogP contribution in [0.5, 0.6) is 0 Å². The van der Waals surface area contributed by atoms with E-state index in [-0.39, 0.29) is 18.3 Å². The minimum atomic E-state index is 0. The van der Waals surface area contributed by atoms with Gasteiger partial charge in [0, 0.05) is 18.2 Å². The standard InChI is InChI=1S/C16H24N2O.ClH/c17-15-10-6-5-7-13(15)11-12-16(19)18-14-8-3-1-2-4-9-14;/h5-7,10,14H,1-4,8-9,11-12,17H2,(H,18,19);1H. The molecule has 1 saturated carbocycles. The normalized spacial score (nSPS) is 16.0. The number of para-hydroxylation sites is 1. The van der Waals surface area contributed by atoms with E-state index in [0.717, 1.165) is 30.5 Å². The maximum Gasteiger partial charge on any atom is 0.220 e. The quantitative estimate of drug-likeness (QED) is 0.660. The summed E-state index contributed by atoms with van der Waals surface area (Å²) in [5.41, 5.74) is 7.73. The summed E-state index contributed by atoms with van der Waals surface area (Å²) >= 11 is 0. The van der Waals surface area contributed by atoms with Crippen molar-refractivity contribution in [2.24, 2.45) is 0 Å². The number of nitrogens with two attached hydrogens (primary N) is 1. The van der Waals surface area contributed by atoms with Crippen molar-refractivity contribution in [3.63, 3.8) is 0 Å². The van der Waals surface area contributed by atoms with Gasteiger partial charge in [-0.25, -0.2) is 0 Å². The van der Waals surface area contributed by atoms with E-state index in [2.05, 4.69) is 5.32 Å². The van der Waals surface area contributed by atoms with Gasteiger partial charge in [0.05, 0.1) is 0 Å². The molecule has 1 aliphatic rings. The second-order valence-corrected chi connectivity index (χ2v) is 5.45. The Bertz CT molecular complexity index is 415. The van der Waals surface area contributed by atoms with Gasteiger partial charge in [0.1, 0.15) is 0 Å². The minimum absolute atomic E-state index is 0. The van der Waals surface area contributed by atoms with E-state index in [1.54, 1.807) is 0 Å². The predicted molar refractivity (Wildman–Crippen MR) is 86.1 cm³/mol. The van der Waals surface area contributed by atoms with E-state index in [1.165, 1.54) is 25.7 Å². The van der Waals surface area contributed by atoms with Gasteiger partial charge < -0.3 is 11.1 Å². The molecule has 20 heavy (non-hydrogen) atoms. The minimum Gasteiger partial charge on any atom is -0.399 e. The number of benzene rings is 1. The maximum atomic E-state index is 12.0. The molecule has 0 heterocycles. The zero-order valence-electron chi connectivity index (χ0n) is 11.9. The van der Waals surface area contributed by atoms with Gasteiger partial charge in [-0.2, -0.15) is 0 Å². The molecule has 1 aliphatic carbocycles. The molecule has 3 nitrogen and oxygen atoms in total. The van der Waals surface area contributed by atoms with E-state index in [4.69, 9.17) is 5.73 Å². The Morgan fingerprint density at radius 2 is 1.80 bits per heavy atom. The summed E-state index contributed by atoms with van der Waals surface area (Å²) < 4.78 is 0. The Kier molecular flexibility index (Phi) is 7.45. The number of anilines is 1. The molecule has 4 heteroatoms. The first-order valence-electron chi connectivity index (χ1n) is 7.38. The largest absolute Gasteiger partial charge is 0.399 e. The summed E-state index contributed by atoms with van der Waals surface area (Å²) in [5.74, 6) is 0.162. The van der Waals surface area contributed by atoms with Crippen LogP contribution in [0.4, 0.5) is 5.69 Å². The van der Waals surface area contributed by atoms with Crippen molar-refractivity contribution in [2.45, 2.75) is 57.4 Å². The van der Waals surface area contributed by atoms with Crippen molar-refractivity contribution < 1.29 is 4.79 Å². The van der Waals surface area contributed by atoms with E-state index in [9.17, 15) is 4.79 Å². The van der Waals surface area contributed by atoms with Crippen molar-refractivity contribution in [2.75, 3.05) is 5.73 Å². The highest BCUT2D eigenvalue weighted by Gasteiger charge is 2.14. The van der Waals surface area contributed by atoms with E-state index >= 15 is 0 Å². The number of amides is 1. The number of carbonyl (C=O) groups is 1. The first-order chi connectivity index (χ1) is 9.25. The van der Waals surface area contributed by atoms with Gasteiger partial charge in [-0.1, -0.05) is 43.9 Å². The Balaban J connectivity index is 0.00000200. The van der Waals surface area contributed by atoms with Gasteiger partial charge in [0.2, 0.25) is 5.91 Å². The van der Waals surface area contributed by atoms with Gasteiger partial charge in [-0.15, -0.1) is 12.4 Å². The molecule has 0 bridgehead atoms. The molecule has 1 aromatic rings. The SMILES string of the molecule is Cl.Nc1ccccc1CCC(=O)NC1CCCCCC1. The molecule has 0 radical (unpaired) electrons. The van der Waals surface area contributed by atoms with Gasteiger partial charge >= 0.3 is 0 Å². The molecular weight excluding hydrogens is 272 g/mol. The summed E-state index contributed by atoms with van der Waals surface area (Å²) in [7, 11) is 0. The lowest BCUT2D eigenvalue weighted by Gasteiger charge is -2.16. The zero-order valence-corrected chi connectivity index (χ0v) is 12.8. The van der Waals surface area contributed by atoms with Crippen LogP contribution in [0.2, 0.25) is 0 Å². The average Bonchev–Trinajstić information content (AvgIpc) is 2.66. The Morgan fingerprint density at radius 3 is 2.45 bits per heavy atom. The monoisotopic (exact) mass is 296 g/mol. The fourth-order valence-corrected chi connectivity index (χ4v) is 2.73.